The first-order valence-electron chi connectivity index (χ1n) is 11.8. The molecule has 0 aliphatic carbocycles. The minimum atomic E-state index is -0.995. The molecule has 5 rings (SSSR count). The van der Waals surface area contributed by atoms with Crippen LogP contribution in [0.3, 0.4) is 0 Å². The summed E-state index contributed by atoms with van der Waals surface area (Å²) >= 11 is 0. The maximum absolute atomic E-state index is 13.2. The van der Waals surface area contributed by atoms with Crippen molar-refractivity contribution in [3.8, 4) is 0 Å². The number of hydrogen-bond acceptors (Lipinski definition) is 5. The van der Waals surface area contributed by atoms with E-state index in [2.05, 4.69) is 32.7 Å². The third-order valence-corrected chi connectivity index (χ3v) is 6.65. The zero-order chi connectivity index (χ0) is 24.4. The van der Waals surface area contributed by atoms with Crippen molar-refractivity contribution in [2.75, 3.05) is 28.6 Å². The number of piperidine rings is 1. The Labute approximate surface area is 201 Å². The van der Waals surface area contributed by atoms with E-state index in [0.717, 1.165) is 32.4 Å². The van der Waals surface area contributed by atoms with Crippen LogP contribution in [0.4, 0.5) is 21.8 Å². The highest BCUT2D eigenvalue weighted by atomic mass is 19.1. The molecule has 35 heavy (non-hydrogen) atoms. The molecule has 3 aromatic rings. The lowest BCUT2D eigenvalue weighted by Gasteiger charge is -2.33. The summed E-state index contributed by atoms with van der Waals surface area (Å²) in [6.45, 7) is 1.48. The van der Waals surface area contributed by atoms with Gasteiger partial charge in [0.1, 0.15) is 11.6 Å². The van der Waals surface area contributed by atoms with Crippen molar-refractivity contribution in [3.63, 3.8) is 0 Å². The van der Waals surface area contributed by atoms with Crippen LogP contribution in [-0.4, -0.2) is 34.9 Å². The smallest absolute Gasteiger partial charge is 0.258 e. The van der Waals surface area contributed by atoms with Crippen molar-refractivity contribution in [3.05, 3.63) is 81.9 Å². The number of carbonyl (C=O) groups is 2. The Kier molecular flexibility index (Phi) is 6.31. The molecule has 0 spiro atoms. The minimum Gasteiger partial charge on any atom is -0.342 e. The van der Waals surface area contributed by atoms with Gasteiger partial charge in [-0.25, -0.2) is 4.39 Å². The van der Waals surface area contributed by atoms with Gasteiger partial charge in [0.15, 0.2) is 0 Å². The number of anilines is 3. The molecule has 1 atom stereocenters. The second kappa shape index (κ2) is 9.69. The summed E-state index contributed by atoms with van der Waals surface area (Å²) in [5.74, 6) is -1.26. The Morgan fingerprint density at radius 1 is 1.06 bits per heavy atom. The van der Waals surface area contributed by atoms with Gasteiger partial charge in [-0.1, -0.05) is 30.3 Å². The first-order valence-corrected chi connectivity index (χ1v) is 11.8. The van der Waals surface area contributed by atoms with Gasteiger partial charge in [-0.2, -0.15) is 4.98 Å². The molecule has 1 unspecified atom stereocenters. The predicted molar refractivity (Wildman–Crippen MR) is 131 cm³/mol. The summed E-state index contributed by atoms with van der Waals surface area (Å²) in [5, 5.41) is 5.31. The van der Waals surface area contributed by atoms with Crippen molar-refractivity contribution in [1.29, 1.82) is 0 Å². The van der Waals surface area contributed by atoms with E-state index in [9.17, 15) is 18.8 Å². The largest absolute Gasteiger partial charge is 0.342 e. The van der Waals surface area contributed by atoms with Gasteiger partial charge < -0.3 is 15.5 Å². The number of amides is 2. The highest BCUT2D eigenvalue weighted by Crippen LogP contribution is 2.31. The lowest BCUT2D eigenvalue weighted by Crippen LogP contribution is -2.40. The number of rotatable bonds is 5. The van der Waals surface area contributed by atoms with Crippen LogP contribution in [0.5, 0.6) is 0 Å². The molecule has 0 radical (unpaired) electrons. The Bertz CT molecular complexity index is 1280. The molecule has 1 aromatic heterocycles. The van der Waals surface area contributed by atoms with E-state index in [0.29, 0.717) is 17.6 Å². The van der Waals surface area contributed by atoms with E-state index in [-0.39, 0.29) is 23.7 Å². The van der Waals surface area contributed by atoms with Gasteiger partial charge in [0.05, 0.1) is 11.5 Å². The molecule has 0 saturated carbocycles. The maximum Gasteiger partial charge on any atom is 0.258 e. The van der Waals surface area contributed by atoms with Crippen LogP contribution < -0.4 is 21.1 Å². The average molecular weight is 476 g/mol. The molecule has 2 amide bonds. The van der Waals surface area contributed by atoms with Crippen LogP contribution in [0.25, 0.3) is 0 Å². The van der Waals surface area contributed by atoms with Gasteiger partial charge in [-0.05, 0) is 55.0 Å². The fourth-order valence-electron chi connectivity index (χ4n) is 4.79. The predicted octanol–water partition coefficient (Wildman–Crippen LogP) is 3.43. The van der Waals surface area contributed by atoms with Crippen LogP contribution in [0, 0.1) is 11.7 Å². The van der Waals surface area contributed by atoms with Crippen molar-refractivity contribution >= 4 is 29.3 Å². The molecule has 1 fully saturated rings. The zero-order valence-corrected chi connectivity index (χ0v) is 19.1. The molecule has 1 saturated heterocycles. The monoisotopic (exact) mass is 475 g/mol. The maximum atomic E-state index is 13.2. The van der Waals surface area contributed by atoms with Gasteiger partial charge in [-0.15, -0.1) is 0 Å². The van der Waals surface area contributed by atoms with E-state index < -0.39 is 23.2 Å². The normalized spacial score (nSPS) is 18.0. The van der Waals surface area contributed by atoms with Crippen molar-refractivity contribution in [2.24, 2.45) is 5.92 Å². The van der Waals surface area contributed by atoms with Gasteiger partial charge in [0.25, 0.3) is 5.56 Å². The fourth-order valence-corrected chi connectivity index (χ4v) is 4.79. The first-order chi connectivity index (χ1) is 17.0. The standard InChI is InChI=1S/C26H26FN5O3/c27-18-6-8-19(9-7-18)28-24(34)20-15-21(33)29-23-22(20)25(35)31-26(30-23)32-12-10-17(11-13-32)14-16-4-2-1-3-5-16/h1-9,17,20H,10-15H2,(H,28,34)(H2,29,30,31,33,35). The van der Waals surface area contributed by atoms with Gasteiger partial charge in [0.2, 0.25) is 17.8 Å². The summed E-state index contributed by atoms with van der Waals surface area (Å²) in [5.41, 5.74) is 1.38. The molecule has 2 aromatic carbocycles. The SMILES string of the molecule is O=C1CC(C(=O)Nc2ccc(F)cc2)c2c(nc(N3CCC(Cc4ccccc4)CC3)[nH]c2=O)N1. The van der Waals surface area contributed by atoms with E-state index in [1.165, 1.54) is 29.8 Å². The molecule has 2 aliphatic rings. The Morgan fingerprint density at radius 3 is 2.49 bits per heavy atom. The van der Waals surface area contributed by atoms with Crippen molar-refractivity contribution in [2.45, 2.75) is 31.6 Å². The summed E-state index contributed by atoms with van der Waals surface area (Å²) in [6, 6.07) is 15.7. The topological polar surface area (TPSA) is 107 Å². The lowest BCUT2D eigenvalue weighted by molar-refractivity contribution is -0.123. The van der Waals surface area contributed by atoms with Gasteiger partial charge in [0, 0.05) is 25.2 Å². The van der Waals surface area contributed by atoms with Gasteiger partial charge >= 0.3 is 0 Å². The molecule has 2 aliphatic heterocycles. The molecular formula is C26H26FN5O3. The second-order valence-corrected chi connectivity index (χ2v) is 9.07. The highest BCUT2D eigenvalue weighted by molar-refractivity contribution is 6.04. The van der Waals surface area contributed by atoms with Crippen LogP contribution in [0.15, 0.2) is 59.4 Å². The summed E-state index contributed by atoms with van der Waals surface area (Å²) in [4.78, 5) is 47.7. The number of fused-ring (bicyclic) bond motifs is 1. The minimum absolute atomic E-state index is 0.116. The summed E-state index contributed by atoms with van der Waals surface area (Å²) in [7, 11) is 0. The van der Waals surface area contributed by atoms with E-state index in [4.69, 9.17) is 0 Å². The number of hydrogen-bond donors (Lipinski definition) is 3. The second-order valence-electron chi connectivity index (χ2n) is 9.07. The lowest BCUT2D eigenvalue weighted by atomic mass is 9.90. The number of carbonyl (C=O) groups excluding carboxylic acids is 2. The molecule has 0 bridgehead atoms. The van der Waals surface area contributed by atoms with Crippen LogP contribution in [-0.2, 0) is 16.0 Å². The van der Waals surface area contributed by atoms with Crippen LogP contribution >= 0.6 is 0 Å². The number of halogens is 1. The molecule has 9 heteroatoms. The summed E-state index contributed by atoms with van der Waals surface area (Å²) in [6.07, 6.45) is 2.77. The number of nitrogens with one attached hydrogen (secondary N) is 3. The Hall–Kier alpha value is -4.01. The van der Waals surface area contributed by atoms with Gasteiger partial charge in [-0.3, -0.25) is 19.4 Å². The van der Waals surface area contributed by atoms with E-state index in [1.807, 2.05) is 23.1 Å². The number of benzene rings is 2. The van der Waals surface area contributed by atoms with E-state index in [1.54, 1.807) is 0 Å². The number of H-pyrrole nitrogens is 1. The van der Waals surface area contributed by atoms with Crippen LogP contribution in [0.1, 0.15) is 36.3 Å². The summed E-state index contributed by atoms with van der Waals surface area (Å²) < 4.78 is 13.2. The van der Waals surface area contributed by atoms with E-state index >= 15 is 0 Å². The number of aromatic nitrogens is 2. The molecule has 3 heterocycles. The third-order valence-electron chi connectivity index (χ3n) is 6.65. The molecule has 3 N–H and O–H groups in total. The average Bonchev–Trinajstić information content (AvgIpc) is 2.85. The zero-order valence-electron chi connectivity index (χ0n) is 19.1. The van der Waals surface area contributed by atoms with Crippen LogP contribution in [0.2, 0.25) is 0 Å². The quantitative estimate of drug-likeness (QED) is 0.524. The van der Waals surface area contributed by atoms with Crippen molar-refractivity contribution < 1.29 is 14.0 Å². The Morgan fingerprint density at radius 2 is 1.77 bits per heavy atom. The molecule has 180 valence electrons. The molecular weight excluding hydrogens is 449 g/mol. The number of nitrogens with zero attached hydrogens (tertiary/aromatic N) is 2. The third kappa shape index (κ3) is 5.08. The van der Waals surface area contributed by atoms with Crippen molar-refractivity contribution in [1.82, 2.24) is 9.97 Å². The first kappa shape index (κ1) is 22.8. The molecule has 8 nitrogen and oxygen atoms in total. The Balaban J connectivity index is 1.31. The number of aromatic amines is 1. The highest BCUT2D eigenvalue weighted by Gasteiger charge is 2.35. The fraction of sp³-hybridized carbons (Fsp3) is 0.308.